The topological polar surface area (TPSA) is 48.5 Å². The van der Waals surface area contributed by atoms with Gasteiger partial charge in [0.25, 0.3) is 0 Å². The van der Waals surface area contributed by atoms with E-state index in [-0.39, 0.29) is 48.5 Å². The average molecular weight is 461 g/mol. The Morgan fingerprint density at radius 1 is 1.24 bits per heavy atom. The number of nitrogens with one attached hydrogen (secondary N) is 1. The minimum absolute atomic E-state index is 0. The number of benzene rings is 1. The molecule has 2 saturated heterocycles. The second-order valence-electron chi connectivity index (χ2n) is 7.34. The van der Waals surface area contributed by atoms with Crippen LogP contribution in [0.1, 0.15) is 30.1 Å². The van der Waals surface area contributed by atoms with Crippen molar-refractivity contribution < 1.29 is 9.18 Å². The van der Waals surface area contributed by atoms with Gasteiger partial charge in [-0.2, -0.15) is 0 Å². The van der Waals surface area contributed by atoms with Crippen LogP contribution in [-0.2, 0) is 4.79 Å². The highest BCUT2D eigenvalue weighted by Gasteiger charge is 2.34. The number of hydrogen-bond acceptors (Lipinski definition) is 5. The van der Waals surface area contributed by atoms with Gasteiger partial charge in [-0.05, 0) is 37.5 Å². The van der Waals surface area contributed by atoms with Crippen LogP contribution in [0.2, 0.25) is 0 Å². The van der Waals surface area contributed by atoms with Crippen molar-refractivity contribution in [2.45, 2.75) is 25.8 Å². The van der Waals surface area contributed by atoms with E-state index in [0.717, 1.165) is 48.9 Å². The van der Waals surface area contributed by atoms with Gasteiger partial charge in [0.1, 0.15) is 5.82 Å². The van der Waals surface area contributed by atoms with E-state index in [1.807, 2.05) is 17.9 Å². The molecule has 29 heavy (non-hydrogen) atoms. The number of aromatic nitrogens is 1. The van der Waals surface area contributed by atoms with Gasteiger partial charge in [0.2, 0.25) is 5.91 Å². The summed E-state index contributed by atoms with van der Waals surface area (Å²) in [6.45, 7) is 5.86. The number of carbonyl (C=O) groups excluding carboxylic acids is 1. The van der Waals surface area contributed by atoms with Gasteiger partial charge in [0.05, 0.1) is 11.7 Å². The van der Waals surface area contributed by atoms with Crippen LogP contribution in [0, 0.1) is 18.7 Å². The molecule has 1 unspecified atom stereocenters. The predicted molar refractivity (Wildman–Crippen MR) is 120 cm³/mol. The first-order chi connectivity index (χ1) is 13.1. The number of carbonyl (C=O) groups is 1. The third-order valence-electron chi connectivity index (χ3n) is 5.48. The van der Waals surface area contributed by atoms with Gasteiger partial charge in [-0.25, -0.2) is 9.37 Å². The summed E-state index contributed by atoms with van der Waals surface area (Å²) in [5, 5.41) is 6.46. The molecule has 1 N–H and O–H groups in total. The lowest BCUT2D eigenvalue weighted by atomic mass is 9.93. The molecule has 2 aliphatic heterocycles. The molecule has 3 heterocycles. The number of piperidine rings is 1. The van der Waals surface area contributed by atoms with Crippen LogP contribution >= 0.6 is 36.2 Å². The normalized spacial score (nSPS) is 20.0. The molecular formula is C20H27Cl2FN4OS. The summed E-state index contributed by atoms with van der Waals surface area (Å²) >= 11 is 1.67. The van der Waals surface area contributed by atoms with Crippen molar-refractivity contribution in [1.82, 2.24) is 15.2 Å². The number of aryl methyl sites for hydroxylation is 1. The number of thiazole rings is 1. The molecule has 1 aromatic heterocycles. The quantitative estimate of drug-likeness (QED) is 0.755. The summed E-state index contributed by atoms with van der Waals surface area (Å²) in [6, 6.07) is 6.53. The standard InChI is InChI=1S/C20H25FN4OS.2ClH/c1-14-13-27-20(23-14)24-8-5-15(6-9-24)19(26)25-10-7-22-12-18(25)16-3-2-4-17(21)11-16;;/h2-4,11,13,15,18,22H,5-10,12H2,1H3;2*1H. The molecule has 5 nitrogen and oxygen atoms in total. The Bertz CT molecular complexity index is 813. The van der Waals surface area contributed by atoms with Gasteiger partial charge in [0.15, 0.2) is 5.13 Å². The Morgan fingerprint density at radius 2 is 2.00 bits per heavy atom. The van der Waals surface area contributed by atoms with Crippen LogP contribution in [0.15, 0.2) is 29.6 Å². The lowest BCUT2D eigenvalue weighted by molar-refractivity contribution is -0.139. The van der Waals surface area contributed by atoms with E-state index in [1.165, 1.54) is 6.07 Å². The lowest BCUT2D eigenvalue weighted by Gasteiger charge is -2.40. The van der Waals surface area contributed by atoms with Crippen molar-refractivity contribution in [2.24, 2.45) is 5.92 Å². The van der Waals surface area contributed by atoms with Crippen molar-refractivity contribution in [3.8, 4) is 0 Å². The molecule has 9 heteroatoms. The maximum atomic E-state index is 13.7. The number of rotatable bonds is 3. The van der Waals surface area contributed by atoms with Crippen LogP contribution in [0.4, 0.5) is 9.52 Å². The fourth-order valence-electron chi connectivity index (χ4n) is 4.02. The number of hydrogen-bond donors (Lipinski definition) is 1. The summed E-state index contributed by atoms with van der Waals surface area (Å²) in [4.78, 5) is 22.0. The number of amides is 1. The van der Waals surface area contributed by atoms with Gasteiger partial charge in [-0.1, -0.05) is 12.1 Å². The van der Waals surface area contributed by atoms with Crippen LogP contribution in [0.5, 0.6) is 0 Å². The smallest absolute Gasteiger partial charge is 0.226 e. The minimum atomic E-state index is -0.252. The molecule has 0 saturated carbocycles. The average Bonchev–Trinajstić information content (AvgIpc) is 3.14. The molecular weight excluding hydrogens is 434 g/mol. The Kier molecular flexibility index (Phi) is 8.70. The lowest BCUT2D eigenvalue weighted by Crippen LogP contribution is -2.51. The second kappa shape index (κ2) is 10.6. The van der Waals surface area contributed by atoms with Gasteiger partial charge >= 0.3 is 0 Å². The van der Waals surface area contributed by atoms with Gasteiger partial charge < -0.3 is 15.1 Å². The van der Waals surface area contributed by atoms with Gasteiger partial charge in [-0.3, -0.25) is 4.79 Å². The highest BCUT2D eigenvalue weighted by molar-refractivity contribution is 7.13. The second-order valence-corrected chi connectivity index (χ2v) is 8.18. The fraction of sp³-hybridized carbons (Fsp3) is 0.500. The van der Waals surface area contributed by atoms with Crippen LogP contribution in [0.3, 0.4) is 0 Å². The molecule has 2 aromatic rings. The molecule has 2 aliphatic rings. The van der Waals surface area contributed by atoms with Crippen molar-refractivity contribution in [3.63, 3.8) is 0 Å². The van der Waals surface area contributed by atoms with E-state index < -0.39 is 0 Å². The van der Waals surface area contributed by atoms with E-state index >= 15 is 0 Å². The van der Waals surface area contributed by atoms with E-state index in [0.29, 0.717) is 13.1 Å². The largest absolute Gasteiger partial charge is 0.348 e. The summed E-state index contributed by atoms with van der Waals surface area (Å²) in [7, 11) is 0. The molecule has 2 fully saturated rings. The third kappa shape index (κ3) is 5.40. The molecule has 1 atom stereocenters. The molecule has 0 spiro atoms. The van der Waals surface area contributed by atoms with Crippen molar-refractivity contribution in [3.05, 3.63) is 46.7 Å². The highest BCUT2D eigenvalue weighted by Crippen LogP contribution is 2.30. The van der Waals surface area contributed by atoms with Crippen LogP contribution < -0.4 is 10.2 Å². The van der Waals surface area contributed by atoms with Gasteiger partial charge in [-0.15, -0.1) is 36.2 Å². The first kappa shape index (κ1) is 23.9. The molecule has 0 bridgehead atoms. The number of anilines is 1. The van der Waals surface area contributed by atoms with Crippen LogP contribution in [-0.4, -0.2) is 48.5 Å². The van der Waals surface area contributed by atoms with Crippen molar-refractivity contribution in [1.29, 1.82) is 0 Å². The Hall–Kier alpha value is -1.41. The molecule has 160 valence electrons. The molecule has 1 amide bonds. The Labute approximate surface area is 187 Å². The monoisotopic (exact) mass is 460 g/mol. The first-order valence-electron chi connectivity index (χ1n) is 9.55. The molecule has 4 rings (SSSR count). The number of piperazine rings is 1. The number of halogens is 3. The van der Waals surface area contributed by atoms with Crippen molar-refractivity contribution in [2.75, 3.05) is 37.6 Å². The predicted octanol–water partition coefficient (Wildman–Crippen LogP) is 3.82. The Balaban J connectivity index is 0.00000150. The van der Waals surface area contributed by atoms with Crippen LogP contribution in [0.25, 0.3) is 0 Å². The van der Waals surface area contributed by atoms with E-state index in [9.17, 15) is 9.18 Å². The number of nitrogens with zero attached hydrogens (tertiary/aromatic N) is 3. The molecule has 0 aliphatic carbocycles. The van der Waals surface area contributed by atoms with E-state index in [2.05, 4.69) is 20.6 Å². The van der Waals surface area contributed by atoms with E-state index in [1.54, 1.807) is 23.5 Å². The summed E-state index contributed by atoms with van der Waals surface area (Å²) in [6.07, 6.45) is 1.69. The zero-order chi connectivity index (χ0) is 18.8. The first-order valence-corrected chi connectivity index (χ1v) is 10.4. The zero-order valence-electron chi connectivity index (χ0n) is 16.3. The maximum Gasteiger partial charge on any atom is 0.226 e. The Morgan fingerprint density at radius 3 is 2.66 bits per heavy atom. The third-order valence-corrected chi connectivity index (χ3v) is 6.50. The fourth-order valence-corrected chi connectivity index (χ4v) is 4.88. The maximum absolute atomic E-state index is 13.7. The minimum Gasteiger partial charge on any atom is -0.348 e. The molecule has 0 radical (unpaired) electrons. The highest BCUT2D eigenvalue weighted by atomic mass is 35.5. The molecule has 1 aromatic carbocycles. The van der Waals surface area contributed by atoms with Crippen molar-refractivity contribution >= 4 is 47.2 Å². The summed E-state index contributed by atoms with van der Waals surface area (Å²) in [5.74, 6) is -0.00489. The van der Waals surface area contributed by atoms with E-state index in [4.69, 9.17) is 0 Å². The van der Waals surface area contributed by atoms with Gasteiger partial charge in [0, 0.05) is 44.0 Å². The SMILES string of the molecule is Cc1csc(N2CCC(C(=O)N3CCNCC3c3cccc(F)c3)CC2)n1.Cl.Cl. The summed E-state index contributed by atoms with van der Waals surface area (Å²) < 4.78 is 13.7. The zero-order valence-corrected chi connectivity index (χ0v) is 18.8. The summed E-state index contributed by atoms with van der Waals surface area (Å²) in [5.41, 5.74) is 1.91.